The van der Waals surface area contributed by atoms with Crippen molar-refractivity contribution in [3.8, 4) is 10.6 Å². The summed E-state index contributed by atoms with van der Waals surface area (Å²) in [4.78, 5) is 4.33. The van der Waals surface area contributed by atoms with Gasteiger partial charge in [-0.2, -0.15) is 0 Å². The third-order valence-corrected chi connectivity index (χ3v) is 3.50. The first-order chi connectivity index (χ1) is 7.83. The summed E-state index contributed by atoms with van der Waals surface area (Å²) in [5.74, 6) is 0. The van der Waals surface area contributed by atoms with Crippen LogP contribution in [0.5, 0.6) is 0 Å². The van der Waals surface area contributed by atoms with Crippen molar-refractivity contribution in [3.05, 3.63) is 53.5 Å². The summed E-state index contributed by atoms with van der Waals surface area (Å²) < 4.78 is 0. The first-order valence-electron chi connectivity index (χ1n) is 5.23. The minimum Gasteiger partial charge on any atom is -0.245 e. The van der Waals surface area contributed by atoms with Crippen LogP contribution in [-0.4, -0.2) is 4.98 Å². The molecular formula is C14H11NS. The molecule has 0 aliphatic rings. The maximum atomic E-state index is 4.33. The summed E-state index contributed by atoms with van der Waals surface area (Å²) in [5.41, 5.74) is 2.50. The fraction of sp³-hybridized carbons (Fsp3) is 0.0714. The van der Waals surface area contributed by atoms with E-state index in [0.29, 0.717) is 0 Å². The summed E-state index contributed by atoms with van der Waals surface area (Å²) >= 11 is 1.68. The average Bonchev–Trinajstić information content (AvgIpc) is 2.82. The molecule has 0 unspecified atom stereocenters. The number of benzene rings is 2. The first-order valence-corrected chi connectivity index (χ1v) is 6.11. The van der Waals surface area contributed by atoms with Crippen LogP contribution in [0.25, 0.3) is 21.3 Å². The zero-order valence-corrected chi connectivity index (χ0v) is 9.79. The molecule has 0 aliphatic carbocycles. The van der Waals surface area contributed by atoms with Crippen LogP contribution in [0.15, 0.2) is 48.0 Å². The molecule has 0 spiro atoms. The minimum absolute atomic E-state index is 1.09. The van der Waals surface area contributed by atoms with E-state index in [9.17, 15) is 0 Å². The largest absolute Gasteiger partial charge is 0.245 e. The number of nitrogens with zero attached hydrogens (tertiary/aromatic N) is 1. The lowest BCUT2D eigenvalue weighted by Gasteiger charge is -2.02. The van der Waals surface area contributed by atoms with Crippen molar-refractivity contribution in [2.45, 2.75) is 6.92 Å². The second kappa shape index (κ2) is 3.72. The summed E-state index contributed by atoms with van der Waals surface area (Å²) in [6.45, 7) is 2.12. The molecule has 0 amide bonds. The second-order valence-electron chi connectivity index (χ2n) is 3.90. The molecular weight excluding hydrogens is 214 g/mol. The monoisotopic (exact) mass is 225 g/mol. The second-order valence-corrected chi connectivity index (χ2v) is 4.80. The molecule has 2 aromatic carbocycles. The Morgan fingerprint density at radius 2 is 1.81 bits per heavy atom. The Kier molecular flexibility index (Phi) is 2.22. The van der Waals surface area contributed by atoms with Crippen molar-refractivity contribution < 1.29 is 0 Å². The molecule has 2 heteroatoms. The lowest BCUT2D eigenvalue weighted by molar-refractivity contribution is 1.42. The van der Waals surface area contributed by atoms with Gasteiger partial charge < -0.3 is 0 Å². The van der Waals surface area contributed by atoms with Crippen LogP contribution in [-0.2, 0) is 0 Å². The van der Waals surface area contributed by atoms with Gasteiger partial charge >= 0.3 is 0 Å². The summed E-state index contributed by atoms with van der Waals surface area (Å²) in [7, 11) is 0. The summed E-state index contributed by atoms with van der Waals surface area (Å²) in [6, 6.07) is 13.0. The van der Waals surface area contributed by atoms with Crippen molar-refractivity contribution in [1.82, 2.24) is 4.98 Å². The number of aryl methyl sites for hydroxylation is 1. The molecule has 0 bridgehead atoms. The van der Waals surface area contributed by atoms with Gasteiger partial charge in [-0.3, -0.25) is 0 Å². The zero-order chi connectivity index (χ0) is 11.0. The molecule has 1 heterocycles. The fourth-order valence-corrected chi connectivity index (χ4v) is 2.50. The quantitative estimate of drug-likeness (QED) is 0.602. The predicted molar refractivity (Wildman–Crippen MR) is 69.8 cm³/mol. The van der Waals surface area contributed by atoms with Gasteiger partial charge in [-0.25, -0.2) is 4.98 Å². The Bertz CT molecular complexity index is 626. The average molecular weight is 225 g/mol. The minimum atomic E-state index is 1.09. The van der Waals surface area contributed by atoms with Gasteiger partial charge in [-0.05, 0) is 23.8 Å². The van der Waals surface area contributed by atoms with Gasteiger partial charge in [-0.1, -0.05) is 35.9 Å². The van der Waals surface area contributed by atoms with Gasteiger partial charge in [0.1, 0.15) is 5.01 Å². The van der Waals surface area contributed by atoms with Crippen LogP contribution < -0.4 is 0 Å². The highest BCUT2D eigenvalue weighted by Gasteiger charge is 2.01. The molecule has 0 N–H and O–H groups in total. The molecule has 0 saturated heterocycles. The van der Waals surface area contributed by atoms with Crippen molar-refractivity contribution in [2.24, 2.45) is 0 Å². The maximum absolute atomic E-state index is 4.33. The first kappa shape index (κ1) is 9.55. The van der Waals surface area contributed by atoms with Crippen molar-refractivity contribution in [3.63, 3.8) is 0 Å². The Morgan fingerprint density at radius 3 is 2.62 bits per heavy atom. The standard InChI is InChI=1S/C14H11NS/c1-10-2-3-12-9-13(5-4-11(12)8-10)14-15-6-7-16-14/h2-9H,1H3. The highest BCUT2D eigenvalue weighted by atomic mass is 32.1. The van der Waals surface area contributed by atoms with Gasteiger partial charge in [0, 0.05) is 17.1 Å². The smallest absolute Gasteiger partial charge is 0.123 e. The SMILES string of the molecule is Cc1ccc2cc(-c3nccs3)ccc2c1. The molecule has 0 atom stereocenters. The molecule has 0 fully saturated rings. The Hall–Kier alpha value is -1.67. The number of aromatic nitrogens is 1. The van der Waals surface area contributed by atoms with E-state index in [0.717, 1.165) is 5.01 Å². The van der Waals surface area contributed by atoms with E-state index in [-0.39, 0.29) is 0 Å². The number of fused-ring (bicyclic) bond motifs is 1. The number of hydrogen-bond donors (Lipinski definition) is 0. The van der Waals surface area contributed by atoms with Crippen LogP contribution in [0.3, 0.4) is 0 Å². The van der Waals surface area contributed by atoms with E-state index >= 15 is 0 Å². The van der Waals surface area contributed by atoms with Crippen LogP contribution in [0.4, 0.5) is 0 Å². The number of hydrogen-bond acceptors (Lipinski definition) is 2. The molecule has 0 aliphatic heterocycles. The van der Waals surface area contributed by atoms with Gasteiger partial charge in [0.25, 0.3) is 0 Å². The number of thiazole rings is 1. The van der Waals surface area contributed by atoms with E-state index in [4.69, 9.17) is 0 Å². The molecule has 0 saturated carbocycles. The van der Waals surface area contributed by atoms with E-state index in [1.807, 2.05) is 11.6 Å². The lowest BCUT2D eigenvalue weighted by atomic mass is 10.1. The highest BCUT2D eigenvalue weighted by Crippen LogP contribution is 2.26. The predicted octanol–water partition coefficient (Wildman–Crippen LogP) is 4.27. The van der Waals surface area contributed by atoms with Crippen LogP contribution in [0, 0.1) is 6.92 Å². The maximum Gasteiger partial charge on any atom is 0.123 e. The van der Waals surface area contributed by atoms with E-state index in [1.54, 1.807) is 11.3 Å². The normalized spacial score (nSPS) is 10.8. The summed E-state index contributed by atoms with van der Waals surface area (Å²) in [5, 5.41) is 5.66. The zero-order valence-electron chi connectivity index (χ0n) is 8.97. The van der Waals surface area contributed by atoms with Crippen molar-refractivity contribution in [1.29, 1.82) is 0 Å². The topological polar surface area (TPSA) is 12.9 Å². The molecule has 0 radical (unpaired) electrons. The molecule has 1 nitrogen and oxygen atoms in total. The van der Waals surface area contributed by atoms with E-state index < -0.39 is 0 Å². The Balaban J connectivity index is 2.20. The molecule has 16 heavy (non-hydrogen) atoms. The lowest BCUT2D eigenvalue weighted by Crippen LogP contribution is -1.79. The fourth-order valence-electron chi connectivity index (χ4n) is 1.86. The third kappa shape index (κ3) is 1.61. The molecule has 3 aromatic rings. The van der Waals surface area contributed by atoms with Crippen LogP contribution >= 0.6 is 11.3 Å². The van der Waals surface area contributed by atoms with Crippen LogP contribution in [0.2, 0.25) is 0 Å². The van der Waals surface area contributed by atoms with Gasteiger partial charge in [0.05, 0.1) is 0 Å². The highest BCUT2D eigenvalue weighted by molar-refractivity contribution is 7.13. The summed E-state index contributed by atoms with van der Waals surface area (Å²) in [6.07, 6.45) is 1.85. The van der Waals surface area contributed by atoms with Gasteiger partial charge in [-0.15, -0.1) is 11.3 Å². The Labute approximate surface area is 98.4 Å². The van der Waals surface area contributed by atoms with Gasteiger partial charge in [0.2, 0.25) is 0 Å². The Morgan fingerprint density at radius 1 is 1.00 bits per heavy atom. The van der Waals surface area contributed by atoms with E-state index in [1.165, 1.54) is 21.9 Å². The van der Waals surface area contributed by atoms with Crippen LogP contribution in [0.1, 0.15) is 5.56 Å². The van der Waals surface area contributed by atoms with Crippen molar-refractivity contribution in [2.75, 3.05) is 0 Å². The third-order valence-electron chi connectivity index (χ3n) is 2.68. The van der Waals surface area contributed by atoms with Crippen molar-refractivity contribution >= 4 is 22.1 Å². The molecule has 3 rings (SSSR count). The number of rotatable bonds is 1. The van der Waals surface area contributed by atoms with Gasteiger partial charge in [0.15, 0.2) is 0 Å². The molecule has 78 valence electrons. The molecule has 1 aromatic heterocycles. The van der Waals surface area contributed by atoms with E-state index in [2.05, 4.69) is 48.3 Å².